The first-order valence-corrected chi connectivity index (χ1v) is 9.12. The van der Waals surface area contributed by atoms with E-state index in [1.807, 2.05) is 18.2 Å². The molecule has 1 aliphatic rings. The van der Waals surface area contributed by atoms with Gasteiger partial charge in [0.25, 0.3) is 5.91 Å². The molecule has 1 aromatic carbocycles. The molecule has 1 fully saturated rings. The standard InChI is InChI=1S/C19H30N2O4.ClH/c1-4-12-24-16-7-6-15(14-17(16)25-13-5-2)21-18(22)19(23-3)8-10-20-11-9-19;/h6-7,14,20H,4-5,8-13H2,1-3H3,(H,21,22);1H. The normalized spacial score (nSPS) is 15.7. The molecular formula is C19H31ClN2O4. The summed E-state index contributed by atoms with van der Waals surface area (Å²) in [7, 11) is 1.60. The maximum atomic E-state index is 12.8. The van der Waals surface area contributed by atoms with Crippen molar-refractivity contribution in [3.8, 4) is 11.5 Å². The molecule has 0 aliphatic carbocycles. The minimum atomic E-state index is -0.771. The first-order chi connectivity index (χ1) is 12.1. The summed E-state index contributed by atoms with van der Waals surface area (Å²) in [5, 5.41) is 6.23. The highest BCUT2D eigenvalue weighted by Crippen LogP contribution is 2.32. The van der Waals surface area contributed by atoms with Crippen molar-refractivity contribution in [1.29, 1.82) is 0 Å². The van der Waals surface area contributed by atoms with Gasteiger partial charge in [0.2, 0.25) is 0 Å². The largest absolute Gasteiger partial charge is 0.490 e. The molecule has 1 aromatic rings. The number of amides is 1. The molecule has 1 amide bonds. The molecule has 2 N–H and O–H groups in total. The van der Waals surface area contributed by atoms with Crippen molar-refractivity contribution in [2.24, 2.45) is 0 Å². The first-order valence-electron chi connectivity index (χ1n) is 9.12. The number of hydrogen-bond donors (Lipinski definition) is 2. The lowest BCUT2D eigenvalue weighted by molar-refractivity contribution is -0.140. The Balaban J connectivity index is 0.00000338. The molecular weight excluding hydrogens is 356 g/mol. The first kappa shape index (κ1) is 22.5. The topological polar surface area (TPSA) is 68.8 Å². The van der Waals surface area contributed by atoms with Crippen LogP contribution in [0.5, 0.6) is 11.5 Å². The van der Waals surface area contributed by atoms with Crippen molar-refractivity contribution in [3.05, 3.63) is 18.2 Å². The molecule has 0 saturated carbocycles. The van der Waals surface area contributed by atoms with Crippen LogP contribution < -0.4 is 20.1 Å². The van der Waals surface area contributed by atoms with Crippen LogP contribution in [0.1, 0.15) is 39.5 Å². The van der Waals surface area contributed by atoms with Gasteiger partial charge in [-0.2, -0.15) is 0 Å². The van der Waals surface area contributed by atoms with Crippen molar-refractivity contribution >= 4 is 24.0 Å². The lowest BCUT2D eigenvalue weighted by atomic mass is 9.91. The number of methoxy groups -OCH3 is 1. The summed E-state index contributed by atoms with van der Waals surface area (Å²) in [5.41, 5.74) is -0.0810. The molecule has 1 heterocycles. The van der Waals surface area contributed by atoms with E-state index in [0.29, 0.717) is 43.2 Å². The van der Waals surface area contributed by atoms with E-state index in [1.54, 1.807) is 7.11 Å². The molecule has 26 heavy (non-hydrogen) atoms. The fourth-order valence-corrected chi connectivity index (χ4v) is 2.84. The van der Waals surface area contributed by atoms with Gasteiger partial charge < -0.3 is 24.8 Å². The molecule has 7 heteroatoms. The van der Waals surface area contributed by atoms with Crippen molar-refractivity contribution in [3.63, 3.8) is 0 Å². The number of halogens is 1. The third-order valence-electron chi connectivity index (χ3n) is 4.34. The number of ether oxygens (including phenoxy) is 3. The monoisotopic (exact) mass is 386 g/mol. The number of anilines is 1. The van der Waals surface area contributed by atoms with Crippen LogP contribution in [-0.4, -0.2) is 44.9 Å². The van der Waals surface area contributed by atoms with E-state index >= 15 is 0 Å². The highest BCUT2D eigenvalue weighted by Gasteiger charge is 2.39. The fraction of sp³-hybridized carbons (Fsp3) is 0.632. The Hall–Kier alpha value is -1.50. The fourth-order valence-electron chi connectivity index (χ4n) is 2.84. The van der Waals surface area contributed by atoms with Crippen LogP contribution in [0.25, 0.3) is 0 Å². The summed E-state index contributed by atoms with van der Waals surface area (Å²) in [4.78, 5) is 12.8. The molecule has 0 spiro atoms. The van der Waals surface area contributed by atoms with Gasteiger partial charge in [0, 0.05) is 18.9 Å². The zero-order chi connectivity index (χ0) is 18.1. The predicted octanol–water partition coefficient (Wildman–Crippen LogP) is 3.39. The highest BCUT2D eigenvalue weighted by molar-refractivity contribution is 5.97. The summed E-state index contributed by atoms with van der Waals surface area (Å²) in [6, 6.07) is 5.51. The van der Waals surface area contributed by atoms with Crippen LogP contribution in [0.3, 0.4) is 0 Å². The number of hydrogen-bond acceptors (Lipinski definition) is 5. The number of benzene rings is 1. The maximum absolute atomic E-state index is 12.8. The van der Waals surface area contributed by atoms with Crippen LogP contribution in [0, 0.1) is 0 Å². The SMILES string of the molecule is CCCOc1ccc(NC(=O)C2(OC)CCNCC2)cc1OCCC.Cl. The molecule has 0 aromatic heterocycles. The van der Waals surface area contributed by atoms with Crippen LogP contribution >= 0.6 is 12.4 Å². The Kier molecular flexibility index (Phi) is 9.76. The third kappa shape index (κ3) is 5.76. The Bertz CT molecular complexity index is 562. The van der Waals surface area contributed by atoms with E-state index in [-0.39, 0.29) is 18.3 Å². The Morgan fingerprint density at radius 3 is 2.31 bits per heavy atom. The van der Waals surface area contributed by atoms with Gasteiger partial charge in [-0.1, -0.05) is 13.8 Å². The van der Waals surface area contributed by atoms with Crippen molar-refractivity contribution in [2.45, 2.75) is 45.1 Å². The molecule has 148 valence electrons. The summed E-state index contributed by atoms with van der Waals surface area (Å²) >= 11 is 0. The summed E-state index contributed by atoms with van der Waals surface area (Å²) in [6.45, 7) is 6.90. The van der Waals surface area contributed by atoms with Crippen LogP contribution in [0.15, 0.2) is 18.2 Å². The van der Waals surface area contributed by atoms with E-state index < -0.39 is 5.60 Å². The van der Waals surface area contributed by atoms with E-state index in [9.17, 15) is 4.79 Å². The summed E-state index contributed by atoms with van der Waals surface area (Å²) in [6.07, 6.45) is 3.15. The second-order valence-corrected chi connectivity index (χ2v) is 6.26. The van der Waals surface area contributed by atoms with Crippen molar-refractivity contribution < 1.29 is 19.0 Å². The van der Waals surface area contributed by atoms with Crippen LogP contribution in [0.2, 0.25) is 0 Å². The van der Waals surface area contributed by atoms with Gasteiger partial charge in [-0.3, -0.25) is 4.79 Å². The summed E-state index contributed by atoms with van der Waals surface area (Å²) < 4.78 is 17.1. The van der Waals surface area contributed by atoms with Crippen LogP contribution in [-0.2, 0) is 9.53 Å². The third-order valence-corrected chi connectivity index (χ3v) is 4.34. The average Bonchev–Trinajstić information content (AvgIpc) is 2.66. The second kappa shape index (κ2) is 11.3. The number of piperidine rings is 1. The number of carbonyl (C=O) groups is 1. The maximum Gasteiger partial charge on any atom is 0.256 e. The highest BCUT2D eigenvalue weighted by atomic mass is 35.5. The molecule has 0 bridgehead atoms. The molecule has 2 rings (SSSR count). The molecule has 1 saturated heterocycles. The minimum absolute atomic E-state index is 0. The zero-order valence-electron chi connectivity index (χ0n) is 15.9. The molecule has 0 unspecified atom stereocenters. The van der Waals surface area contributed by atoms with E-state index in [0.717, 1.165) is 25.9 Å². The van der Waals surface area contributed by atoms with Gasteiger partial charge in [-0.15, -0.1) is 12.4 Å². The molecule has 0 radical (unpaired) electrons. The number of carbonyl (C=O) groups excluding carboxylic acids is 1. The van der Waals surface area contributed by atoms with Crippen molar-refractivity contribution in [1.82, 2.24) is 5.32 Å². The zero-order valence-corrected chi connectivity index (χ0v) is 16.7. The van der Waals surface area contributed by atoms with Gasteiger partial charge >= 0.3 is 0 Å². The van der Waals surface area contributed by atoms with Crippen LogP contribution in [0.4, 0.5) is 5.69 Å². The Morgan fingerprint density at radius 1 is 1.12 bits per heavy atom. The van der Waals surface area contributed by atoms with Gasteiger partial charge in [-0.25, -0.2) is 0 Å². The molecule has 6 nitrogen and oxygen atoms in total. The predicted molar refractivity (Wildman–Crippen MR) is 106 cm³/mol. The average molecular weight is 387 g/mol. The van der Waals surface area contributed by atoms with Gasteiger partial charge in [0.05, 0.1) is 13.2 Å². The van der Waals surface area contributed by atoms with E-state index in [2.05, 4.69) is 24.5 Å². The Labute approximate surface area is 162 Å². The second-order valence-electron chi connectivity index (χ2n) is 6.26. The quantitative estimate of drug-likeness (QED) is 0.680. The lowest BCUT2D eigenvalue weighted by Gasteiger charge is -2.34. The van der Waals surface area contributed by atoms with Gasteiger partial charge in [0.15, 0.2) is 11.5 Å². The lowest BCUT2D eigenvalue weighted by Crippen LogP contribution is -2.51. The van der Waals surface area contributed by atoms with Gasteiger partial charge in [-0.05, 0) is 50.9 Å². The number of rotatable bonds is 9. The number of nitrogens with one attached hydrogen (secondary N) is 2. The molecule has 0 atom stereocenters. The van der Waals surface area contributed by atoms with Crippen molar-refractivity contribution in [2.75, 3.05) is 38.7 Å². The van der Waals surface area contributed by atoms with Gasteiger partial charge in [0.1, 0.15) is 5.60 Å². The molecule has 1 aliphatic heterocycles. The Morgan fingerprint density at radius 2 is 1.73 bits per heavy atom. The smallest absolute Gasteiger partial charge is 0.256 e. The minimum Gasteiger partial charge on any atom is -0.490 e. The van der Waals surface area contributed by atoms with E-state index in [4.69, 9.17) is 14.2 Å². The van der Waals surface area contributed by atoms with E-state index in [1.165, 1.54) is 0 Å². The summed E-state index contributed by atoms with van der Waals surface area (Å²) in [5.74, 6) is 1.25.